The summed E-state index contributed by atoms with van der Waals surface area (Å²) in [6, 6.07) is 5.84. The Morgan fingerprint density at radius 3 is 2.41 bits per heavy atom. The molecule has 0 saturated heterocycles. The third-order valence-electron chi connectivity index (χ3n) is 2.64. The minimum absolute atomic E-state index is 0.0178. The Labute approximate surface area is 123 Å². The van der Waals surface area contributed by atoms with E-state index in [1.54, 1.807) is 0 Å². The maximum Gasteiger partial charge on any atom is 0.418 e. The van der Waals surface area contributed by atoms with Crippen LogP contribution in [0.25, 0.3) is 0 Å². The van der Waals surface area contributed by atoms with Crippen LogP contribution in [0.1, 0.15) is 23.0 Å². The highest BCUT2D eigenvalue weighted by Gasteiger charge is 2.34. The smallest absolute Gasteiger partial charge is 0.418 e. The quantitative estimate of drug-likeness (QED) is 0.911. The van der Waals surface area contributed by atoms with Gasteiger partial charge in [-0.05, 0) is 30.3 Å². The molecule has 0 aliphatic heterocycles. The second-order valence-electron chi connectivity index (χ2n) is 4.37. The molecule has 116 valence electrons. The fraction of sp³-hybridized carbons (Fsp3) is 0.143. The van der Waals surface area contributed by atoms with Gasteiger partial charge in [0.2, 0.25) is 5.91 Å². The molecule has 0 radical (unpaired) electrons. The molecule has 2 aromatic rings. The highest BCUT2D eigenvalue weighted by Crippen LogP contribution is 2.36. The summed E-state index contributed by atoms with van der Waals surface area (Å²) in [6.07, 6.45) is -3.46. The van der Waals surface area contributed by atoms with Crippen molar-refractivity contribution in [2.75, 3.05) is 10.6 Å². The van der Waals surface area contributed by atoms with Gasteiger partial charge in [-0.25, -0.2) is 0 Å². The van der Waals surface area contributed by atoms with Gasteiger partial charge in [0.15, 0.2) is 5.76 Å². The molecule has 2 rings (SSSR count). The molecule has 2 N–H and O–H groups in total. The summed E-state index contributed by atoms with van der Waals surface area (Å²) in [5.74, 6) is -1.41. The number of furan rings is 1. The van der Waals surface area contributed by atoms with Crippen LogP contribution in [0.4, 0.5) is 24.5 Å². The van der Waals surface area contributed by atoms with Crippen molar-refractivity contribution < 1.29 is 27.2 Å². The zero-order valence-corrected chi connectivity index (χ0v) is 11.3. The van der Waals surface area contributed by atoms with Crippen molar-refractivity contribution in [2.45, 2.75) is 13.1 Å². The van der Waals surface area contributed by atoms with Crippen LogP contribution in [0.2, 0.25) is 0 Å². The minimum atomic E-state index is -4.69. The normalized spacial score (nSPS) is 11.1. The van der Waals surface area contributed by atoms with E-state index in [2.05, 4.69) is 10.6 Å². The van der Waals surface area contributed by atoms with E-state index in [4.69, 9.17) is 4.42 Å². The lowest BCUT2D eigenvalue weighted by Gasteiger charge is -2.15. The predicted octanol–water partition coefficient (Wildman–Crippen LogP) is 3.51. The number of amides is 2. The van der Waals surface area contributed by atoms with Gasteiger partial charge in [-0.2, -0.15) is 13.2 Å². The molecule has 0 bridgehead atoms. The number of halogens is 3. The van der Waals surface area contributed by atoms with Crippen molar-refractivity contribution in [1.29, 1.82) is 0 Å². The topological polar surface area (TPSA) is 71.3 Å². The second-order valence-corrected chi connectivity index (χ2v) is 4.37. The van der Waals surface area contributed by atoms with E-state index in [1.807, 2.05) is 0 Å². The van der Waals surface area contributed by atoms with Crippen LogP contribution in [0.5, 0.6) is 0 Å². The maximum atomic E-state index is 13.1. The number of nitrogens with one attached hydrogen (secondary N) is 2. The highest BCUT2D eigenvalue weighted by molar-refractivity contribution is 6.03. The number of carbonyl (C=O) groups excluding carboxylic acids is 2. The summed E-state index contributed by atoms with van der Waals surface area (Å²) in [5, 5.41) is 4.39. The Balaban J connectivity index is 2.34. The first kappa shape index (κ1) is 15.6. The zero-order valence-electron chi connectivity index (χ0n) is 11.3. The monoisotopic (exact) mass is 312 g/mol. The maximum absolute atomic E-state index is 13.1. The molecule has 0 fully saturated rings. The zero-order chi connectivity index (χ0) is 16.3. The minimum Gasteiger partial charge on any atom is -0.459 e. The summed E-state index contributed by atoms with van der Waals surface area (Å²) < 4.78 is 44.0. The Hall–Kier alpha value is -2.77. The number of anilines is 2. The molecule has 8 heteroatoms. The van der Waals surface area contributed by atoms with Crippen molar-refractivity contribution in [3.05, 3.63) is 47.9 Å². The third-order valence-corrected chi connectivity index (χ3v) is 2.64. The SMILES string of the molecule is CC(=O)Nc1ccc(NC(=O)c2ccco2)c(C(F)(F)F)c1. The molecule has 1 aromatic carbocycles. The lowest BCUT2D eigenvalue weighted by Crippen LogP contribution is -2.17. The number of carbonyl (C=O) groups is 2. The lowest BCUT2D eigenvalue weighted by atomic mass is 10.1. The molecule has 22 heavy (non-hydrogen) atoms. The first-order valence-corrected chi connectivity index (χ1v) is 6.11. The van der Waals surface area contributed by atoms with Crippen LogP contribution < -0.4 is 10.6 Å². The van der Waals surface area contributed by atoms with Gasteiger partial charge < -0.3 is 15.1 Å². The molecule has 1 heterocycles. The first-order chi connectivity index (χ1) is 10.3. The number of rotatable bonds is 3. The Morgan fingerprint density at radius 2 is 1.86 bits per heavy atom. The van der Waals surface area contributed by atoms with Crippen LogP contribution in [0.15, 0.2) is 41.0 Å². The van der Waals surface area contributed by atoms with E-state index < -0.39 is 29.2 Å². The summed E-state index contributed by atoms with van der Waals surface area (Å²) in [7, 11) is 0. The third kappa shape index (κ3) is 3.66. The summed E-state index contributed by atoms with van der Waals surface area (Å²) in [6.45, 7) is 1.18. The van der Waals surface area contributed by atoms with Crippen LogP contribution in [0, 0.1) is 0 Å². The molecule has 0 saturated carbocycles. The van der Waals surface area contributed by atoms with Gasteiger partial charge in [0, 0.05) is 12.6 Å². The largest absolute Gasteiger partial charge is 0.459 e. The molecule has 0 aliphatic carbocycles. The molecular formula is C14H11F3N2O3. The van der Waals surface area contributed by atoms with Crippen LogP contribution in [0.3, 0.4) is 0 Å². The Bertz CT molecular complexity index is 694. The molecule has 1 aromatic heterocycles. The van der Waals surface area contributed by atoms with E-state index >= 15 is 0 Å². The number of hydrogen-bond donors (Lipinski definition) is 2. The van der Waals surface area contributed by atoms with Crippen LogP contribution in [-0.4, -0.2) is 11.8 Å². The van der Waals surface area contributed by atoms with Gasteiger partial charge in [-0.3, -0.25) is 9.59 Å². The van der Waals surface area contributed by atoms with E-state index in [0.29, 0.717) is 0 Å². The van der Waals surface area contributed by atoms with Crippen molar-refractivity contribution in [1.82, 2.24) is 0 Å². The molecule has 5 nitrogen and oxygen atoms in total. The summed E-state index contributed by atoms with van der Waals surface area (Å²) in [5.41, 5.74) is -1.52. The van der Waals surface area contributed by atoms with E-state index in [9.17, 15) is 22.8 Å². The fourth-order valence-electron chi connectivity index (χ4n) is 1.76. The second kappa shape index (κ2) is 5.92. The van der Waals surface area contributed by atoms with Crippen LogP contribution in [-0.2, 0) is 11.0 Å². The summed E-state index contributed by atoms with van der Waals surface area (Å²) in [4.78, 5) is 22.7. The van der Waals surface area contributed by atoms with Gasteiger partial charge >= 0.3 is 6.18 Å². The Morgan fingerprint density at radius 1 is 1.14 bits per heavy atom. The number of hydrogen-bond acceptors (Lipinski definition) is 3. The van der Waals surface area contributed by atoms with Crippen LogP contribution >= 0.6 is 0 Å². The van der Waals surface area contributed by atoms with Crippen molar-refractivity contribution in [3.8, 4) is 0 Å². The molecule has 0 spiro atoms. The van der Waals surface area contributed by atoms with E-state index in [-0.39, 0.29) is 11.4 Å². The average Bonchev–Trinajstić information content (AvgIpc) is 2.92. The lowest BCUT2D eigenvalue weighted by molar-refractivity contribution is -0.137. The van der Waals surface area contributed by atoms with Crippen molar-refractivity contribution in [2.24, 2.45) is 0 Å². The highest BCUT2D eigenvalue weighted by atomic mass is 19.4. The molecule has 0 atom stereocenters. The number of alkyl halides is 3. The van der Waals surface area contributed by atoms with Gasteiger partial charge in [0.05, 0.1) is 17.5 Å². The fourth-order valence-corrected chi connectivity index (χ4v) is 1.76. The predicted molar refractivity (Wildman–Crippen MR) is 72.4 cm³/mol. The van der Waals surface area contributed by atoms with E-state index in [1.165, 1.54) is 31.4 Å². The van der Waals surface area contributed by atoms with Gasteiger partial charge in [-0.15, -0.1) is 0 Å². The van der Waals surface area contributed by atoms with Crippen molar-refractivity contribution in [3.63, 3.8) is 0 Å². The average molecular weight is 312 g/mol. The molecule has 0 aliphatic rings. The number of benzene rings is 1. The van der Waals surface area contributed by atoms with Crippen molar-refractivity contribution >= 4 is 23.2 Å². The standard InChI is InChI=1S/C14H11F3N2O3/c1-8(20)18-9-4-5-11(10(7-9)14(15,16)17)19-13(21)12-3-2-6-22-12/h2-7H,1H3,(H,18,20)(H,19,21). The van der Waals surface area contributed by atoms with E-state index in [0.717, 1.165) is 12.1 Å². The van der Waals surface area contributed by atoms with Gasteiger partial charge in [0.1, 0.15) is 0 Å². The van der Waals surface area contributed by atoms with Gasteiger partial charge in [-0.1, -0.05) is 0 Å². The first-order valence-electron chi connectivity index (χ1n) is 6.11. The summed E-state index contributed by atoms with van der Waals surface area (Å²) >= 11 is 0. The van der Waals surface area contributed by atoms with Gasteiger partial charge in [0.25, 0.3) is 5.91 Å². The Kier molecular flexibility index (Phi) is 4.20. The molecule has 0 unspecified atom stereocenters. The molecular weight excluding hydrogens is 301 g/mol. The molecule has 2 amide bonds.